The Balaban J connectivity index is 1.43. The highest BCUT2D eigenvalue weighted by Crippen LogP contribution is 2.19. The van der Waals surface area contributed by atoms with Crippen molar-refractivity contribution in [2.45, 2.75) is 32.1 Å². The van der Waals surface area contributed by atoms with Gasteiger partial charge in [-0.2, -0.15) is 0 Å². The van der Waals surface area contributed by atoms with Crippen molar-refractivity contribution in [3.63, 3.8) is 0 Å². The van der Waals surface area contributed by atoms with Gasteiger partial charge in [0, 0.05) is 30.9 Å². The number of nitrogens with zero attached hydrogens (tertiary/aromatic N) is 2. The van der Waals surface area contributed by atoms with E-state index in [1.165, 1.54) is 12.8 Å². The van der Waals surface area contributed by atoms with E-state index in [9.17, 15) is 9.59 Å². The van der Waals surface area contributed by atoms with Crippen LogP contribution in [0.25, 0.3) is 0 Å². The molecule has 0 radical (unpaired) electrons. The fourth-order valence-electron chi connectivity index (χ4n) is 3.75. The van der Waals surface area contributed by atoms with E-state index in [1.54, 1.807) is 6.07 Å². The zero-order valence-electron chi connectivity index (χ0n) is 15.7. The summed E-state index contributed by atoms with van der Waals surface area (Å²) in [4.78, 5) is 28.8. The van der Waals surface area contributed by atoms with Gasteiger partial charge < -0.3 is 20.4 Å². The molecule has 2 fully saturated rings. The molecule has 3 rings (SSSR count). The van der Waals surface area contributed by atoms with Crippen molar-refractivity contribution in [3.05, 3.63) is 29.8 Å². The summed E-state index contributed by atoms with van der Waals surface area (Å²) in [6.45, 7) is 4.64. The van der Waals surface area contributed by atoms with Crippen LogP contribution < -0.4 is 10.6 Å². The predicted octanol–water partition coefficient (Wildman–Crippen LogP) is 2.78. The van der Waals surface area contributed by atoms with Crippen molar-refractivity contribution in [3.8, 4) is 0 Å². The maximum atomic E-state index is 12.4. The number of carbonyl (C=O) groups is 2. The Morgan fingerprint density at radius 1 is 1.12 bits per heavy atom. The summed E-state index contributed by atoms with van der Waals surface area (Å²) in [5.74, 6) is 0.752. The van der Waals surface area contributed by atoms with Gasteiger partial charge in [-0.15, -0.1) is 0 Å². The zero-order chi connectivity index (χ0) is 18.4. The largest absolute Gasteiger partial charge is 0.339 e. The Bertz CT molecular complexity index is 620. The quantitative estimate of drug-likeness (QED) is 0.851. The van der Waals surface area contributed by atoms with E-state index < -0.39 is 0 Å². The lowest BCUT2D eigenvalue weighted by atomic mass is 9.94. The molecule has 0 aromatic heterocycles. The van der Waals surface area contributed by atoms with Crippen LogP contribution >= 0.6 is 0 Å². The molecule has 0 saturated carbocycles. The van der Waals surface area contributed by atoms with Gasteiger partial charge in [0.2, 0.25) is 0 Å². The second-order valence-electron chi connectivity index (χ2n) is 7.50. The first kappa shape index (κ1) is 18.7. The molecule has 6 nitrogen and oxygen atoms in total. The van der Waals surface area contributed by atoms with Gasteiger partial charge in [0.05, 0.1) is 0 Å². The van der Waals surface area contributed by atoms with Gasteiger partial charge in [-0.25, -0.2) is 4.79 Å². The van der Waals surface area contributed by atoms with Crippen molar-refractivity contribution in [1.29, 1.82) is 0 Å². The summed E-state index contributed by atoms with van der Waals surface area (Å²) in [7, 11) is 2.16. The van der Waals surface area contributed by atoms with Crippen LogP contribution in [-0.2, 0) is 0 Å². The molecule has 0 aliphatic carbocycles. The SMILES string of the molecule is CN1CCC(CCNC(=O)Nc2cccc(C(=O)N3CCCC3)c2)CC1. The van der Waals surface area contributed by atoms with Gasteiger partial charge >= 0.3 is 6.03 Å². The number of nitrogens with one attached hydrogen (secondary N) is 2. The van der Waals surface area contributed by atoms with Gasteiger partial charge in [0.25, 0.3) is 5.91 Å². The van der Waals surface area contributed by atoms with Crippen LogP contribution in [0.1, 0.15) is 42.5 Å². The molecule has 2 heterocycles. The minimum atomic E-state index is -0.205. The molecule has 0 spiro atoms. The average molecular weight is 358 g/mol. The molecule has 2 N–H and O–H groups in total. The Morgan fingerprint density at radius 2 is 1.85 bits per heavy atom. The van der Waals surface area contributed by atoms with E-state index in [1.807, 2.05) is 23.1 Å². The highest BCUT2D eigenvalue weighted by molar-refractivity contribution is 5.97. The first-order valence-electron chi connectivity index (χ1n) is 9.74. The molecule has 1 aromatic rings. The molecule has 2 aliphatic heterocycles. The van der Waals surface area contributed by atoms with Crippen molar-refractivity contribution >= 4 is 17.6 Å². The number of piperidine rings is 1. The number of rotatable bonds is 5. The first-order chi connectivity index (χ1) is 12.6. The summed E-state index contributed by atoms with van der Waals surface area (Å²) in [5, 5.41) is 5.78. The lowest BCUT2D eigenvalue weighted by Gasteiger charge is -2.28. The molecular weight excluding hydrogens is 328 g/mol. The number of urea groups is 1. The molecule has 2 saturated heterocycles. The minimum absolute atomic E-state index is 0.0498. The molecule has 1 aromatic carbocycles. The van der Waals surface area contributed by atoms with E-state index in [0.717, 1.165) is 45.4 Å². The van der Waals surface area contributed by atoms with Crippen molar-refractivity contribution in [2.24, 2.45) is 5.92 Å². The van der Waals surface area contributed by atoms with Gasteiger partial charge in [-0.3, -0.25) is 4.79 Å². The Kier molecular flexibility index (Phi) is 6.50. The van der Waals surface area contributed by atoms with Crippen LogP contribution in [0.15, 0.2) is 24.3 Å². The van der Waals surface area contributed by atoms with E-state index in [0.29, 0.717) is 23.7 Å². The number of carbonyl (C=O) groups excluding carboxylic acids is 2. The number of amides is 3. The summed E-state index contributed by atoms with van der Waals surface area (Å²) in [5.41, 5.74) is 1.29. The average Bonchev–Trinajstić information content (AvgIpc) is 3.18. The Morgan fingerprint density at radius 3 is 2.58 bits per heavy atom. The summed E-state index contributed by atoms with van der Waals surface area (Å²) < 4.78 is 0. The maximum Gasteiger partial charge on any atom is 0.319 e. The molecule has 3 amide bonds. The van der Waals surface area contributed by atoms with Crippen molar-refractivity contribution in [1.82, 2.24) is 15.1 Å². The highest BCUT2D eigenvalue weighted by Gasteiger charge is 2.20. The van der Waals surface area contributed by atoms with E-state index in [4.69, 9.17) is 0 Å². The molecule has 26 heavy (non-hydrogen) atoms. The summed E-state index contributed by atoms with van der Waals surface area (Å²) in [6.07, 6.45) is 5.59. The fraction of sp³-hybridized carbons (Fsp3) is 0.600. The van der Waals surface area contributed by atoms with Crippen LogP contribution in [0, 0.1) is 5.92 Å². The summed E-state index contributed by atoms with van der Waals surface area (Å²) >= 11 is 0. The van der Waals surface area contributed by atoms with Gasteiger partial charge in [-0.05, 0) is 76.4 Å². The second kappa shape index (κ2) is 9.03. The third kappa shape index (κ3) is 5.21. The van der Waals surface area contributed by atoms with Crippen molar-refractivity contribution < 1.29 is 9.59 Å². The maximum absolute atomic E-state index is 12.4. The van der Waals surface area contributed by atoms with E-state index in [-0.39, 0.29) is 11.9 Å². The minimum Gasteiger partial charge on any atom is -0.339 e. The number of hydrogen-bond donors (Lipinski definition) is 2. The van der Waals surface area contributed by atoms with Gasteiger partial charge in [-0.1, -0.05) is 6.07 Å². The number of hydrogen-bond acceptors (Lipinski definition) is 3. The molecule has 0 unspecified atom stereocenters. The molecule has 142 valence electrons. The molecule has 2 aliphatic rings. The standard InChI is InChI=1S/C20H30N4O2/c1-23-13-8-16(9-14-23)7-10-21-20(26)22-18-6-4-5-17(15-18)19(25)24-11-2-3-12-24/h4-6,15-16H,2-3,7-14H2,1H3,(H2,21,22,26). The highest BCUT2D eigenvalue weighted by atomic mass is 16.2. The van der Waals surface area contributed by atoms with Crippen LogP contribution in [0.3, 0.4) is 0 Å². The first-order valence-corrected chi connectivity index (χ1v) is 9.74. The Labute approximate surface area is 155 Å². The van der Waals surface area contributed by atoms with E-state index in [2.05, 4.69) is 22.6 Å². The molecule has 0 bridgehead atoms. The van der Waals surface area contributed by atoms with Gasteiger partial charge in [0.15, 0.2) is 0 Å². The zero-order valence-corrected chi connectivity index (χ0v) is 15.7. The van der Waals surface area contributed by atoms with Crippen LogP contribution in [0.5, 0.6) is 0 Å². The van der Waals surface area contributed by atoms with Crippen LogP contribution in [-0.4, -0.2) is 61.5 Å². The molecule has 0 atom stereocenters. The normalized spacial score (nSPS) is 18.7. The van der Waals surface area contributed by atoms with Crippen LogP contribution in [0.2, 0.25) is 0 Å². The fourth-order valence-corrected chi connectivity index (χ4v) is 3.75. The Hall–Kier alpha value is -2.08. The van der Waals surface area contributed by atoms with Gasteiger partial charge in [0.1, 0.15) is 0 Å². The molecular formula is C20H30N4O2. The molecule has 6 heteroatoms. The van der Waals surface area contributed by atoms with Crippen molar-refractivity contribution in [2.75, 3.05) is 45.1 Å². The number of benzene rings is 1. The number of likely N-dealkylation sites (tertiary alicyclic amines) is 2. The summed E-state index contributed by atoms with van der Waals surface area (Å²) in [6, 6.07) is 7.00. The smallest absolute Gasteiger partial charge is 0.319 e. The van der Waals surface area contributed by atoms with E-state index >= 15 is 0 Å². The predicted molar refractivity (Wildman–Crippen MR) is 103 cm³/mol. The lowest BCUT2D eigenvalue weighted by molar-refractivity contribution is 0.0793. The number of anilines is 1. The lowest BCUT2D eigenvalue weighted by Crippen LogP contribution is -2.34. The third-order valence-electron chi connectivity index (χ3n) is 5.44. The van der Waals surface area contributed by atoms with Crippen LogP contribution in [0.4, 0.5) is 10.5 Å². The third-order valence-corrected chi connectivity index (χ3v) is 5.44. The second-order valence-corrected chi connectivity index (χ2v) is 7.50. The monoisotopic (exact) mass is 358 g/mol. The topological polar surface area (TPSA) is 64.7 Å².